The van der Waals surface area contributed by atoms with E-state index in [4.69, 9.17) is 4.42 Å². The standard InChI is InChI=1S/C29H18O/c1-2-8-21-20(7-1)22-9-3-5-11-25(22)29(26-12-6-4-10-23(21)26)17-15-24-27(29)14-13-19-16-18-30-28(19)24/h1-18H. The second-order valence-electron chi connectivity index (χ2n) is 8.14. The number of benzene rings is 4. The van der Waals surface area contributed by atoms with Crippen molar-refractivity contribution < 1.29 is 4.42 Å². The Hall–Kier alpha value is -3.84. The fourth-order valence-electron chi connectivity index (χ4n) is 5.55. The lowest BCUT2D eigenvalue weighted by atomic mass is 9.69. The number of hydrogen-bond acceptors (Lipinski definition) is 1. The summed E-state index contributed by atoms with van der Waals surface area (Å²) in [4.78, 5) is 0. The van der Waals surface area contributed by atoms with Crippen molar-refractivity contribution in [1.29, 1.82) is 0 Å². The Morgan fingerprint density at radius 3 is 1.80 bits per heavy atom. The fourth-order valence-corrected chi connectivity index (χ4v) is 5.55. The molecule has 4 aromatic carbocycles. The monoisotopic (exact) mass is 382 g/mol. The van der Waals surface area contributed by atoms with Gasteiger partial charge in [-0.15, -0.1) is 0 Å². The van der Waals surface area contributed by atoms with Crippen LogP contribution < -0.4 is 0 Å². The van der Waals surface area contributed by atoms with Crippen molar-refractivity contribution in [1.82, 2.24) is 0 Å². The molecule has 0 fully saturated rings. The Bertz CT molecular complexity index is 1430. The summed E-state index contributed by atoms with van der Waals surface area (Å²) in [7, 11) is 0. The second kappa shape index (κ2) is 5.61. The molecule has 1 nitrogen and oxygen atoms in total. The van der Waals surface area contributed by atoms with Crippen molar-refractivity contribution in [3.8, 4) is 22.3 Å². The maximum absolute atomic E-state index is 5.91. The first kappa shape index (κ1) is 16.0. The third-order valence-corrected chi connectivity index (χ3v) is 6.80. The van der Waals surface area contributed by atoms with E-state index in [1.165, 1.54) is 44.5 Å². The van der Waals surface area contributed by atoms with Crippen molar-refractivity contribution in [2.24, 2.45) is 0 Å². The molecule has 5 aromatic rings. The van der Waals surface area contributed by atoms with Crippen molar-refractivity contribution in [2.45, 2.75) is 5.41 Å². The van der Waals surface area contributed by atoms with Crippen LogP contribution in [0.15, 0.2) is 108 Å². The zero-order valence-electron chi connectivity index (χ0n) is 16.3. The molecule has 140 valence electrons. The van der Waals surface area contributed by atoms with Crippen LogP contribution in [-0.2, 0) is 5.41 Å². The minimum Gasteiger partial charge on any atom is -0.464 e. The molecule has 1 heterocycles. The van der Waals surface area contributed by atoms with E-state index < -0.39 is 0 Å². The minimum absolute atomic E-state index is 0.345. The van der Waals surface area contributed by atoms with Gasteiger partial charge in [0.05, 0.1) is 11.7 Å². The first-order valence-corrected chi connectivity index (χ1v) is 10.4. The normalized spacial score (nSPS) is 14.8. The number of furan rings is 1. The van der Waals surface area contributed by atoms with Crippen LogP contribution in [0.5, 0.6) is 0 Å². The lowest BCUT2D eigenvalue weighted by Crippen LogP contribution is -2.26. The van der Waals surface area contributed by atoms with Gasteiger partial charge in [-0.25, -0.2) is 0 Å². The minimum atomic E-state index is -0.345. The number of allylic oxidation sites excluding steroid dienone is 1. The molecule has 0 N–H and O–H groups in total. The first-order valence-electron chi connectivity index (χ1n) is 10.4. The Kier molecular flexibility index (Phi) is 2.99. The van der Waals surface area contributed by atoms with Crippen molar-refractivity contribution in [2.75, 3.05) is 0 Å². The van der Waals surface area contributed by atoms with E-state index in [-0.39, 0.29) is 5.41 Å². The number of hydrogen-bond donors (Lipinski definition) is 0. The molecular weight excluding hydrogens is 364 g/mol. The molecule has 30 heavy (non-hydrogen) atoms. The van der Waals surface area contributed by atoms with E-state index in [0.29, 0.717) is 0 Å². The van der Waals surface area contributed by atoms with Gasteiger partial charge in [-0.1, -0.05) is 97.1 Å². The molecule has 2 aliphatic carbocycles. The Morgan fingerprint density at radius 2 is 1.13 bits per heavy atom. The molecule has 1 spiro atoms. The molecule has 0 unspecified atom stereocenters. The van der Waals surface area contributed by atoms with E-state index >= 15 is 0 Å². The molecular formula is C29H18O. The summed E-state index contributed by atoms with van der Waals surface area (Å²) in [6.45, 7) is 0. The summed E-state index contributed by atoms with van der Waals surface area (Å²) >= 11 is 0. The van der Waals surface area contributed by atoms with Crippen LogP contribution in [0.25, 0.3) is 39.3 Å². The van der Waals surface area contributed by atoms with Gasteiger partial charge in [0.15, 0.2) is 0 Å². The highest BCUT2D eigenvalue weighted by atomic mass is 16.3. The molecule has 2 aliphatic rings. The largest absolute Gasteiger partial charge is 0.464 e. The van der Waals surface area contributed by atoms with Crippen LogP contribution in [0.4, 0.5) is 0 Å². The van der Waals surface area contributed by atoms with Crippen LogP contribution in [0, 0.1) is 0 Å². The van der Waals surface area contributed by atoms with Gasteiger partial charge in [-0.3, -0.25) is 0 Å². The van der Waals surface area contributed by atoms with E-state index in [9.17, 15) is 0 Å². The predicted octanol–water partition coefficient (Wildman–Crippen LogP) is 7.44. The van der Waals surface area contributed by atoms with Gasteiger partial charge >= 0.3 is 0 Å². The smallest absolute Gasteiger partial charge is 0.141 e. The second-order valence-corrected chi connectivity index (χ2v) is 8.14. The zero-order chi connectivity index (χ0) is 19.7. The van der Waals surface area contributed by atoms with E-state index in [0.717, 1.165) is 11.0 Å². The molecule has 0 atom stereocenters. The molecule has 0 amide bonds. The number of fused-ring (bicyclic) bond motifs is 11. The van der Waals surface area contributed by atoms with Crippen LogP contribution in [0.1, 0.15) is 22.3 Å². The highest BCUT2D eigenvalue weighted by Crippen LogP contribution is 2.56. The predicted molar refractivity (Wildman–Crippen MR) is 122 cm³/mol. The molecule has 0 aliphatic heterocycles. The summed E-state index contributed by atoms with van der Waals surface area (Å²) in [6, 6.07) is 33.0. The maximum atomic E-state index is 5.91. The summed E-state index contributed by atoms with van der Waals surface area (Å²) < 4.78 is 5.91. The van der Waals surface area contributed by atoms with Gasteiger partial charge in [-0.05, 0) is 45.0 Å². The fraction of sp³-hybridized carbons (Fsp3) is 0.0345. The highest BCUT2D eigenvalue weighted by molar-refractivity contribution is 5.97. The average Bonchev–Trinajstić information content (AvgIpc) is 3.42. The average molecular weight is 382 g/mol. The molecule has 0 saturated carbocycles. The van der Waals surface area contributed by atoms with Crippen molar-refractivity contribution >= 4 is 17.0 Å². The first-order chi connectivity index (χ1) is 14.9. The topological polar surface area (TPSA) is 13.1 Å². The van der Waals surface area contributed by atoms with Crippen molar-refractivity contribution in [3.05, 3.63) is 126 Å². The molecule has 0 saturated heterocycles. The maximum Gasteiger partial charge on any atom is 0.141 e. The highest BCUT2D eigenvalue weighted by Gasteiger charge is 2.44. The summed E-state index contributed by atoms with van der Waals surface area (Å²) in [5.74, 6) is 0. The van der Waals surface area contributed by atoms with Gasteiger partial charge in [0.2, 0.25) is 0 Å². The van der Waals surface area contributed by atoms with Crippen molar-refractivity contribution in [3.63, 3.8) is 0 Å². The van der Waals surface area contributed by atoms with Gasteiger partial charge in [0.25, 0.3) is 0 Å². The van der Waals surface area contributed by atoms with Gasteiger partial charge in [0.1, 0.15) is 5.58 Å². The Morgan fingerprint density at radius 1 is 0.533 bits per heavy atom. The van der Waals surface area contributed by atoms with Crippen LogP contribution in [0.3, 0.4) is 0 Å². The van der Waals surface area contributed by atoms with Crippen LogP contribution >= 0.6 is 0 Å². The third-order valence-electron chi connectivity index (χ3n) is 6.80. The van der Waals surface area contributed by atoms with Gasteiger partial charge < -0.3 is 4.42 Å². The van der Waals surface area contributed by atoms with Gasteiger partial charge in [-0.2, -0.15) is 0 Å². The molecule has 0 bridgehead atoms. The van der Waals surface area contributed by atoms with Gasteiger partial charge in [0, 0.05) is 10.9 Å². The molecule has 7 rings (SSSR count). The number of rotatable bonds is 0. The van der Waals surface area contributed by atoms with Crippen LogP contribution in [-0.4, -0.2) is 0 Å². The molecule has 1 heteroatoms. The zero-order valence-corrected chi connectivity index (χ0v) is 16.3. The SMILES string of the molecule is C1=CC2(c3ccccc3-c3ccccc3-c3ccccc32)c2ccc3ccoc3c21. The lowest BCUT2D eigenvalue weighted by molar-refractivity contribution is 0.614. The lowest BCUT2D eigenvalue weighted by Gasteiger charge is -2.32. The quantitative estimate of drug-likeness (QED) is 0.271. The summed E-state index contributed by atoms with van der Waals surface area (Å²) in [5.41, 5.74) is 10.9. The van der Waals surface area contributed by atoms with Crippen LogP contribution in [0.2, 0.25) is 0 Å². The van der Waals surface area contributed by atoms with E-state index in [1.54, 1.807) is 6.26 Å². The summed E-state index contributed by atoms with van der Waals surface area (Å²) in [6.07, 6.45) is 6.42. The van der Waals surface area contributed by atoms with E-state index in [1.807, 2.05) is 6.07 Å². The Balaban J connectivity index is 1.70. The third kappa shape index (κ3) is 1.83. The molecule has 1 aromatic heterocycles. The molecule has 0 radical (unpaired) electrons. The van der Waals surface area contributed by atoms with E-state index in [2.05, 4.69) is 97.1 Å². The summed E-state index contributed by atoms with van der Waals surface area (Å²) in [5, 5.41) is 1.15. The Labute approximate surface area is 174 Å².